The molecular formula is C24H32FN3O3. The zero-order valence-corrected chi connectivity index (χ0v) is 18.3. The van der Waals surface area contributed by atoms with E-state index in [0.29, 0.717) is 31.2 Å². The molecule has 7 heteroatoms. The van der Waals surface area contributed by atoms with Crippen molar-refractivity contribution in [3.05, 3.63) is 48.0 Å². The first-order valence-corrected chi connectivity index (χ1v) is 11.3. The molecule has 2 aromatic rings. The fourth-order valence-electron chi connectivity index (χ4n) is 4.72. The highest BCUT2D eigenvalue weighted by atomic mass is 19.1. The van der Waals surface area contributed by atoms with Crippen molar-refractivity contribution in [3.63, 3.8) is 0 Å². The van der Waals surface area contributed by atoms with Crippen molar-refractivity contribution in [2.24, 2.45) is 5.92 Å². The maximum Gasteiger partial charge on any atom is 0.224 e. The van der Waals surface area contributed by atoms with Crippen LogP contribution in [-0.2, 0) is 16.1 Å². The van der Waals surface area contributed by atoms with Crippen LogP contribution in [0.1, 0.15) is 44.1 Å². The lowest BCUT2D eigenvalue weighted by Gasteiger charge is -2.46. The van der Waals surface area contributed by atoms with E-state index in [-0.39, 0.29) is 17.3 Å². The Kier molecular flexibility index (Phi) is 6.90. The van der Waals surface area contributed by atoms with E-state index in [4.69, 9.17) is 9.47 Å². The molecule has 0 radical (unpaired) electrons. The van der Waals surface area contributed by atoms with Crippen molar-refractivity contribution >= 4 is 5.91 Å². The number of ether oxygens (including phenoxy) is 2. The Hall–Kier alpha value is -2.41. The largest absolute Gasteiger partial charge is 0.494 e. The van der Waals surface area contributed by atoms with Crippen molar-refractivity contribution in [2.75, 3.05) is 26.3 Å². The zero-order chi connectivity index (χ0) is 21.7. The molecule has 1 spiro atoms. The van der Waals surface area contributed by atoms with Gasteiger partial charge in [-0.25, -0.2) is 4.39 Å². The molecule has 31 heavy (non-hydrogen) atoms. The summed E-state index contributed by atoms with van der Waals surface area (Å²) in [7, 11) is 0. The number of hydrogen-bond acceptors (Lipinski definition) is 4. The predicted molar refractivity (Wildman–Crippen MR) is 115 cm³/mol. The third-order valence-corrected chi connectivity index (χ3v) is 6.55. The molecule has 0 saturated carbocycles. The van der Waals surface area contributed by atoms with Gasteiger partial charge in [0.05, 0.1) is 18.4 Å². The average Bonchev–Trinajstić information content (AvgIpc) is 3.19. The summed E-state index contributed by atoms with van der Waals surface area (Å²) in [4.78, 5) is 14.6. The molecule has 0 bridgehead atoms. The first-order valence-electron chi connectivity index (χ1n) is 11.3. The van der Waals surface area contributed by atoms with Crippen LogP contribution in [0, 0.1) is 18.7 Å². The van der Waals surface area contributed by atoms with Gasteiger partial charge in [0.15, 0.2) is 0 Å². The number of benzene rings is 1. The van der Waals surface area contributed by atoms with Crippen molar-refractivity contribution in [1.29, 1.82) is 0 Å². The van der Waals surface area contributed by atoms with E-state index in [9.17, 15) is 9.18 Å². The number of aromatic nitrogens is 2. The number of nitrogens with zero attached hydrogens (tertiary/aromatic N) is 3. The molecule has 168 valence electrons. The minimum atomic E-state index is -0.250. The van der Waals surface area contributed by atoms with Crippen LogP contribution in [0.4, 0.5) is 4.39 Å². The molecule has 1 unspecified atom stereocenters. The molecule has 2 aliphatic heterocycles. The van der Waals surface area contributed by atoms with E-state index in [1.165, 1.54) is 12.1 Å². The quantitative estimate of drug-likeness (QED) is 0.668. The van der Waals surface area contributed by atoms with Crippen LogP contribution in [0.15, 0.2) is 36.7 Å². The molecule has 3 heterocycles. The molecule has 4 rings (SSSR count). The standard InChI is InChI=1S/C24H32FN3O3/c1-19-17-26-28(18-19)11-6-23(29)27-12-9-24(10-13-27)16-20(8-15-31-24)7-14-30-22-4-2-21(25)3-5-22/h2-5,17-18,20H,6-16H2,1H3. The minimum absolute atomic E-state index is 0.103. The second kappa shape index (κ2) is 9.81. The van der Waals surface area contributed by atoms with Gasteiger partial charge in [-0.1, -0.05) is 0 Å². The van der Waals surface area contributed by atoms with Gasteiger partial charge >= 0.3 is 0 Å². The van der Waals surface area contributed by atoms with E-state index in [1.807, 2.05) is 28.9 Å². The van der Waals surface area contributed by atoms with Gasteiger partial charge < -0.3 is 14.4 Å². The second-order valence-corrected chi connectivity index (χ2v) is 8.89. The number of aryl methyl sites for hydroxylation is 2. The van der Waals surface area contributed by atoms with E-state index in [0.717, 1.165) is 57.4 Å². The molecule has 0 N–H and O–H groups in total. The van der Waals surface area contributed by atoms with Crippen molar-refractivity contribution in [3.8, 4) is 5.75 Å². The summed E-state index contributed by atoms with van der Waals surface area (Å²) in [6.07, 6.45) is 9.09. The Bertz CT molecular complexity index is 859. The lowest BCUT2D eigenvalue weighted by molar-refractivity contribution is -0.147. The highest BCUT2D eigenvalue weighted by molar-refractivity contribution is 5.76. The fourth-order valence-corrected chi connectivity index (χ4v) is 4.72. The van der Waals surface area contributed by atoms with E-state index >= 15 is 0 Å². The van der Waals surface area contributed by atoms with Gasteiger partial charge in [-0.3, -0.25) is 9.48 Å². The lowest BCUT2D eigenvalue weighted by atomic mass is 9.78. The average molecular weight is 430 g/mol. The Morgan fingerprint density at radius 2 is 2.06 bits per heavy atom. The first-order chi connectivity index (χ1) is 15.0. The van der Waals surface area contributed by atoms with Crippen molar-refractivity contribution < 1.29 is 18.7 Å². The lowest BCUT2D eigenvalue weighted by Crippen LogP contribution is -2.51. The van der Waals surface area contributed by atoms with Crippen LogP contribution in [0.2, 0.25) is 0 Å². The van der Waals surface area contributed by atoms with Crippen LogP contribution in [0.25, 0.3) is 0 Å². The third kappa shape index (κ3) is 5.85. The van der Waals surface area contributed by atoms with Crippen molar-refractivity contribution in [1.82, 2.24) is 14.7 Å². The molecule has 1 aromatic carbocycles. The van der Waals surface area contributed by atoms with Gasteiger partial charge in [-0.15, -0.1) is 0 Å². The molecule has 1 amide bonds. The molecule has 2 saturated heterocycles. The van der Waals surface area contributed by atoms with Gasteiger partial charge in [-0.2, -0.15) is 5.10 Å². The topological polar surface area (TPSA) is 56.6 Å². The minimum Gasteiger partial charge on any atom is -0.494 e. The van der Waals surface area contributed by atoms with E-state index in [2.05, 4.69) is 5.10 Å². The van der Waals surface area contributed by atoms with Crippen LogP contribution in [0.3, 0.4) is 0 Å². The van der Waals surface area contributed by atoms with Crippen LogP contribution in [0.5, 0.6) is 5.75 Å². The number of halogens is 1. The molecule has 1 atom stereocenters. The summed E-state index contributed by atoms with van der Waals surface area (Å²) in [5.41, 5.74) is 1.01. The van der Waals surface area contributed by atoms with Crippen molar-refractivity contribution in [2.45, 2.75) is 57.6 Å². The molecule has 0 aliphatic carbocycles. The van der Waals surface area contributed by atoms with Gasteiger partial charge in [-0.05, 0) is 74.8 Å². The third-order valence-electron chi connectivity index (χ3n) is 6.55. The Morgan fingerprint density at radius 1 is 1.29 bits per heavy atom. The normalized spacial score (nSPS) is 20.7. The molecule has 1 aromatic heterocycles. The molecular weight excluding hydrogens is 397 g/mol. The summed E-state index contributed by atoms with van der Waals surface area (Å²) < 4.78 is 26.9. The number of carbonyl (C=O) groups is 1. The maximum absolute atomic E-state index is 13.0. The molecule has 6 nitrogen and oxygen atoms in total. The number of piperidine rings is 1. The maximum atomic E-state index is 13.0. The first kappa shape index (κ1) is 21.8. The van der Waals surface area contributed by atoms with Gasteiger partial charge in [0.25, 0.3) is 0 Å². The number of carbonyl (C=O) groups excluding carboxylic acids is 1. The number of hydrogen-bond donors (Lipinski definition) is 0. The van der Waals surface area contributed by atoms with Gasteiger partial charge in [0.1, 0.15) is 11.6 Å². The fraction of sp³-hybridized carbons (Fsp3) is 0.583. The highest BCUT2D eigenvalue weighted by Gasteiger charge is 2.40. The predicted octanol–water partition coefficient (Wildman–Crippen LogP) is 3.98. The summed E-state index contributed by atoms with van der Waals surface area (Å²) in [5.74, 6) is 1.21. The van der Waals surface area contributed by atoms with Gasteiger partial charge in [0.2, 0.25) is 5.91 Å². The number of amides is 1. The van der Waals surface area contributed by atoms with Crippen LogP contribution < -0.4 is 4.74 Å². The molecule has 2 fully saturated rings. The summed E-state index contributed by atoms with van der Waals surface area (Å²) in [6, 6.07) is 6.18. The van der Waals surface area contributed by atoms with E-state index in [1.54, 1.807) is 12.1 Å². The SMILES string of the molecule is Cc1cnn(CCC(=O)N2CCC3(CC2)CC(CCOc2ccc(F)cc2)CCO3)c1. The number of likely N-dealkylation sites (tertiary alicyclic amines) is 1. The summed E-state index contributed by atoms with van der Waals surface area (Å²) in [5, 5.41) is 4.26. The Balaban J connectivity index is 1.20. The Morgan fingerprint density at radius 3 is 2.77 bits per heavy atom. The summed E-state index contributed by atoms with van der Waals surface area (Å²) >= 11 is 0. The van der Waals surface area contributed by atoms with E-state index < -0.39 is 0 Å². The van der Waals surface area contributed by atoms with Crippen LogP contribution >= 0.6 is 0 Å². The number of rotatable bonds is 7. The monoisotopic (exact) mass is 429 g/mol. The second-order valence-electron chi connectivity index (χ2n) is 8.89. The smallest absolute Gasteiger partial charge is 0.224 e. The zero-order valence-electron chi connectivity index (χ0n) is 18.3. The van der Waals surface area contributed by atoms with Gasteiger partial charge in [0, 0.05) is 38.9 Å². The summed E-state index contributed by atoms with van der Waals surface area (Å²) in [6.45, 7) is 5.55. The Labute approximate surface area is 183 Å². The van der Waals surface area contributed by atoms with Crippen LogP contribution in [-0.4, -0.2) is 52.5 Å². The highest BCUT2D eigenvalue weighted by Crippen LogP contribution is 2.39. The molecule has 2 aliphatic rings.